The molecule has 0 saturated carbocycles. The van der Waals surface area contributed by atoms with Crippen LogP contribution < -0.4 is 40.3 Å². The van der Waals surface area contributed by atoms with Crippen molar-refractivity contribution < 1.29 is 28.6 Å². The van der Waals surface area contributed by atoms with Crippen molar-refractivity contribution in [3.05, 3.63) is 93.7 Å². The first-order valence-electron chi connectivity index (χ1n) is 14.2. The molecule has 4 N–H and O–H groups in total. The maximum Gasteiger partial charge on any atom is 0.209 e. The summed E-state index contributed by atoms with van der Waals surface area (Å²) in [6.07, 6.45) is 12.1. The highest BCUT2D eigenvalue weighted by atomic mass is 127. The second kappa shape index (κ2) is 11.4. The number of nitrogens with two attached hydrogens (primary N) is 2. The molecule has 2 heterocycles. The van der Waals surface area contributed by atoms with Crippen molar-refractivity contribution in [3.63, 3.8) is 0 Å². The van der Waals surface area contributed by atoms with Gasteiger partial charge in [0.2, 0.25) is 5.69 Å². The lowest BCUT2D eigenvalue weighted by Crippen LogP contribution is -3.00. The van der Waals surface area contributed by atoms with Crippen molar-refractivity contribution in [2.45, 2.75) is 71.6 Å². The Morgan fingerprint density at radius 1 is 0.900 bits per heavy atom. The van der Waals surface area contributed by atoms with Gasteiger partial charge in [0.05, 0.1) is 5.41 Å². The van der Waals surface area contributed by atoms with Gasteiger partial charge in [-0.2, -0.15) is 4.58 Å². The van der Waals surface area contributed by atoms with Crippen LogP contribution in [-0.2, 0) is 10.8 Å². The van der Waals surface area contributed by atoms with E-state index < -0.39 is 0 Å². The van der Waals surface area contributed by atoms with Crippen LogP contribution in [0.2, 0.25) is 0 Å². The largest absolute Gasteiger partial charge is 1.00 e. The van der Waals surface area contributed by atoms with E-state index in [-0.39, 0.29) is 34.8 Å². The number of nitrogen functional groups attached to an aromatic ring is 2. The first-order valence-corrected chi connectivity index (χ1v) is 14.6. The van der Waals surface area contributed by atoms with Crippen LogP contribution in [0.5, 0.6) is 0 Å². The second-order valence-electron chi connectivity index (χ2n) is 11.9. The van der Waals surface area contributed by atoms with Crippen LogP contribution in [0.1, 0.15) is 71.9 Å². The van der Waals surface area contributed by atoms with E-state index in [1.165, 1.54) is 45.1 Å². The van der Waals surface area contributed by atoms with E-state index in [9.17, 15) is 0 Å². The summed E-state index contributed by atoms with van der Waals surface area (Å²) >= 11 is 7.08. The number of nitrogens with zero attached hydrogens (tertiary/aromatic N) is 2. The van der Waals surface area contributed by atoms with Gasteiger partial charge in [0.1, 0.15) is 6.54 Å². The predicted octanol–water partition coefficient (Wildman–Crippen LogP) is 5.11. The molecular formula is C34H42ClIN4. The number of hydrogen-bond acceptors (Lipinski definition) is 3. The van der Waals surface area contributed by atoms with E-state index in [1.54, 1.807) is 0 Å². The molecule has 0 atom stereocenters. The molecule has 2 aromatic rings. The second-order valence-corrected chi connectivity index (χ2v) is 12.3. The Bertz CT molecular complexity index is 1490. The lowest BCUT2D eigenvalue weighted by Gasteiger charge is -2.26. The lowest BCUT2D eigenvalue weighted by molar-refractivity contribution is -0.433. The fraction of sp³-hybridized carbons (Fsp3) is 0.382. The van der Waals surface area contributed by atoms with Crippen molar-refractivity contribution in [1.82, 2.24) is 0 Å². The average molecular weight is 669 g/mol. The van der Waals surface area contributed by atoms with Gasteiger partial charge in [0.25, 0.3) is 0 Å². The van der Waals surface area contributed by atoms with Crippen LogP contribution in [0.25, 0.3) is 0 Å². The van der Waals surface area contributed by atoms with Gasteiger partial charge in [-0.15, -0.1) is 0 Å². The third kappa shape index (κ3) is 5.04. The maximum atomic E-state index is 7.08. The third-order valence-corrected chi connectivity index (χ3v) is 9.29. The first kappa shape index (κ1) is 30.4. The van der Waals surface area contributed by atoms with Gasteiger partial charge in [0, 0.05) is 57.5 Å². The number of fused-ring (bicyclic) bond motifs is 2. The van der Waals surface area contributed by atoms with Crippen molar-refractivity contribution >= 4 is 40.1 Å². The van der Waals surface area contributed by atoms with Gasteiger partial charge in [-0.1, -0.05) is 37.6 Å². The summed E-state index contributed by atoms with van der Waals surface area (Å²) in [6.45, 7) is 15.3. The van der Waals surface area contributed by atoms with Gasteiger partial charge in [0.15, 0.2) is 5.71 Å². The van der Waals surface area contributed by atoms with Crippen LogP contribution >= 0.6 is 11.6 Å². The summed E-state index contributed by atoms with van der Waals surface area (Å²) in [5, 5.41) is 0.885. The summed E-state index contributed by atoms with van der Waals surface area (Å²) in [4.78, 5) is 2.40. The number of halogens is 2. The standard InChI is InChI=1S/C34H42ClN4.HI/c1-7-38-28-16-14-24(36)20-26(28)33(3,4)30(38)18-12-22-10-9-11-23(32(22)35)13-19-31-34(5,6)27-21-25(37)15-17-29(27)39(31)8-2;/h12-21H,7-11,36-37H2,1-6H3;1H/q+1;/p-1. The molecule has 0 radical (unpaired) electrons. The Morgan fingerprint density at radius 3 is 2.25 bits per heavy atom. The summed E-state index contributed by atoms with van der Waals surface area (Å²) in [5.74, 6) is 0. The highest BCUT2D eigenvalue weighted by molar-refractivity contribution is 6.32. The number of likely N-dealkylation sites (N-methyl/N-ethyl adjacent to an activating group) is 1. The van der Waals surface area contributed by atoms with Crippen molar-refractivity contribution in [3.8, 4) is 0 Å². The maximum absolute atomic E-state index is 7.08. The Balaban J connectivity index is 0.00000370. The lowest BCUT2D eigenvalue weighted by atomic mass is 9.81. The zero-order valence-electron chi connectivity index (χ0n) is 24.6. The predicted molar refractivity (Wildman–Crippen MR) is 168 cm³/mol. The molecule has 0 saturated heterocycles. The van der Waals surface area contributed by atoms with E-state index in [2.05, 4.69) is 99.6 Å². The van der Waals surface area contributed by atoms with Crippen LogP contribution in [0.4, 0.5) is 22.7 Å². The van der Waals surface area contributed by atoms with Crippen LogP contribution in [0, 0.1) is 0 Å². The number of allylic oxidation sites excluding steroid dienone is 8. The Labute approximate surface area is 262 Å². The number of rotatable bonds is 5. The van der Waals surface area contributed by atoms with Gasteiger partial charge >= 0.3 is 0 Å². The molecular weight excluding hydrogens is 627 g/mol. The number of anilines is 3. The minimum absolute atomic E-state index is 0. The Hall–Kier alpha value is -2.51. The van der Waals surface area contributed by atoms with E-state index in [1.807, 2.05) is 12.1 Å². The molecule has 0 aromatic heterocycles. The van der Waals surface area contributed by atoms with Gasteiger partial charge in [-0.25, -0.2) is 0 Å². The van der Waals surface area contributed by atoms with E-state index in [4.69, 9.17) is 23.1 Å². The molecule has 0 unspecified atom stereocenters. The summed E-state index contributed by atoms with van der Waals surface area (Å²) in [5.41, 5.74) is 23.7. The molecule has 2 aliphatic heterocycles. The molecule has 5 rings (SSSR count). The van der Waals surface area contributed by atoms with Gasteiger partial charge < -0.3 is 40.3 Å². The smallest absolute Gasteiger partial charge is 0.209 e. The van der Waals surface area contributed by atoms with E-state index in [0.717, 1.165) is 48.8 Å². The molecule has 0 amide bonds. The monoisotopic (exact) mass is 668 g/mol. The SMILES string of the molecule is CCN1/C(=C/C=C2\CCCC(/C=C/C3=[N+](CC)c4ccc(N)cc4C3(C)C)=C2Cl)C(C)(C)c2cc(N)ccc21.[I-]. The molecule has 6 heteroatoms. The van der Waals surface area contributed by atoms with Crippen molar-refractivity contribution in [2.75, 3.05) is 29.5 Å². The summed E-state index contributed by atoms with van der Waals surface area (Å²) in [6, 6.07) is 12.5. The molecule has 1 aliphatic carbocycles. The Kier molecular flexibility index (Phi) is 8.68. The van der Waals surface area contributed by atoms with Crippen LogP contribution in [-0.4, -0.2) is 23.4 Å². The highest BCUT2D eigenvalue weighted by Crippen LogP contribution is 2.48. The number of benzene rings is 2. The van der Waals surface area contributed by atoms with Gasteiger partial charge in [-0.3, -0.25) is 0 Å². The molecule has 3 aliphatic rings. The summed E-state index contributed by atoms with van der Waals surface area (Å²) < 4.78 is 2.40. The molecule has 40 heavy (non-hydrogen) atoms. The zero-order valence-corrected chi connectivity index (χ0v) is 27.5. The average Bonchev–Trinajstić information content (AvgIpc) is 3.24. The van der Waals surface area contributed by atoms with Crippen molar-refractivity contribution in [2.24, 2.45) is 0 Å². The molecule has 4 nitrogen and oxygen atoms in total. The quantitative estimate of drug-likeness (QED) is 0.265. The molecule has 0 spiro atoms. The van der Waals surface area contributed by atoms with Gasteiger partial charge in [-0.05, 0) is 100 Å². The summed E-state index contributed by atoms with van der Waals surface area (Å²) in [7, 11) is 0. The molecule has 0 fully saturated rings. The van der Waals surface area contributed by atoms with E-state index in [0.29, 0.717) is 0 Å². The minimum Gasteiger partial charge on any atom is -1.00 e. The fourth-order valence-electron chi connectivity index (χ4n) is 6.63. The highest BCUT2D eigenvalue weighted by Gasteiger charge is 2.44. The fourth-order valence-corrected chi connectivity index (χ4v) is 6.95. The Morgan fingerprint density at radius 2 is 1.57 bits per heavy atom. The number of hydrogen-bond donors (Lipinski definition) is 2. The molecule has 0 bridgehead atoms. The zero-order chi connectivity index (χ0) is 28.1. The van der Waals surface area contributed by atoms with Crippen molar-refractivity contribution in [1.29, 1.82) is 0 Å². The minimum atomic E-state index is -0.127. The van der Waals surface area contributed by atoms with Crippen LogP contribution in [0.15, 0.2) is 82.6 Å². The topological polar surface area (TPSA) is 58.3 Å². The molecule has 2 aromatic carbocycles. The van der Waals surface area contributed by atoms with Crippen LogP contribution in [0.3, 0.4) is 0 Å². The normalized spacial score (nSPS) is 21.4. The third-order valence-electron chi connectivity index (χ3n) is 8.81. The van der Waals surface area contributed by atoms with E-state index >= 15 is 0 Å². The molecule has 212 valence electrons. The first-order chi connectivity index (χ1) is 18.5.